The number of rotatable bonds is 4. The van der Waals surface area contributed by atoms with Crippen LogP contribution in [0.15, 0.2) is 65.6 Å². The number of thiazole rings is 1. The lowest BCUT2D eigenvalue weighted by molar-refractivity contribution is -0.673. The van der Waals surface area contributed by atoms with Gasteiger partial charge in [-0.2, -0.15) is 4.57 Å². The highest BCUT2D eigenvalue weighted by molar-refractivity contribution is 7.85. The van der Waals surface area contributed by atoms with Gasteiger partial charge in [-0.3, -0.25) is 0 Å². The molecular formula is C23H25NO3S2. The molecule has 0 saturated heterocycles. The van der Waals surface area contributed by atoms with E-state index in [0.717, 1.165) is 12.1 Å². The fourth-order valence-corrected chi connectivity index (χ4v) is 4.87. The van der Waals surface area contributed by atoms with Gasteiger partial charge >= 0.3 is 0 Å². The summed E-state index contributed by atoms with van der Waals surface area (Å²) in [6.45, 7) is 7.44. The quantitative estimate of drug-likeness (QED) is 0.326. The van der Waals surface area contributed by atoms with E-state index in [0.29, 0.717) is 0 Å². The van der Waals surface area contributed by atoms with E-state index in [4.69, 9.17) is 0 Å². The molecule has 29 heavy (non-hydrogen) atoms. The zero-order valence-corrected chi connectivity index (χ0v) is 18.5. The molecule has 0 radical (unpaired) electrons. The minimum Gasteiger partial charge on any atom is -0.744 e. The second-order valence-corrected chi connectivity index (χ2v) is 9.61. The molecule has 0 unspecified atom stereocenters. The maximum absolute atomic E-state index is 10.4. The van der Waals surface area contributed by atoms with Gasteiger partial charge < -0.3 is 4.55 Å². The summed E-state index contributed by atoms with van der Waals surface area (Å²) in [5.74, 6) is 0. The van der Waals surface area contributed by atoms with Crippen molar-refractivity contribution in [3.63, 3.8) is 0 Å². The molecule has 6 heteroatoms. The maximum Gasteiger partial charge on any atom is 0.235 e. The second-order valence-electron chi connectivity index (χ2n) is 7.03. The molecule has 3 aromatic carbocycles. The summed E-state index contributed by atoms with van der Waals surface area (Å²) in [7, 11) is -4.27. The van der Waals surface area contributed by atoms with Gasteiger partial charge in [-0.1, -0.05) is 66.6 Å². The summed E-state index contributed by atoms with van der Waals surface area (Å²) >= 11 is 1.92. The highest BCUT2D eigenvalue weighted by atomic mass is 32.2. The summed E-state index contributed by atoms with van der Waals surface area (Å²) in [5.41, 5.74) is 2.32. The Morgan fingerprint density at radius 2 is 1.66 bits per heavy atom. The Morgan fingerprint density at radius 3 is 2.31 bits per heavy atom. The third-order valence-corrected chi connectivity index (χ3v) is 6.82. The Bertz CT molecular complexity index is 1230. The van der Waals surface area contributed by atoms with E-state index in [9.17, 15) is 13.0 Å². The molecule has 0 N–H and O–H groups in total. The molecule has 1 heterocycles. The average molecular weight is 428 g/mol. The smallest absolute Gasteiger partial charge is 0.235 e. The van der Waals surface area contributed by atoms with Crippen LogP contribution in [0.2, 0.25) is 0 Å². The standard InChI is InChI=1S/C16H18NS.C7H8O3S/c1-3-4-11-17-12(2)18-16-14-8-6-5-7-13(14)9-10-15(16)17;1-6-2-4-7(5-3-6)11(8,9)10/h5-10H,3-4,11H2,1-2H3;2-5H,1H3,(H,8,9,10)/q+1;/p-1. The van der Waals surface area contributed by atoms with E-state index in [1.807, 2.05) is 18.3 Å². The van der Waals surface area contributed by atoms with Crippen LogP contribution in [-0.4, -0.2) is 13.0 Å². The molecule has 4 aromatic rings. The molecule has 4 rings (SSSR count). The monoisotopic (exact) mass is 427 g/mol. The largest absolute Gasteiger partial charge is 0.744 e. The summed E-state index contributed by atoms with van der Waals surface area (Å²) in [5, 5.41) is 4.14. The molecule has 0 spiro atoms. The van der Waals surface area contributed by atoms with Gasteiger partial charge in [-0.15, -0.1) is 0 Å². The molecule has 0 saturated carbocycles. The topological polar surface area (TPSA) is 61.1 Å². The first kappa shape index (κ1) is 21.4. The number of fused-ring (bicyclic) bond motifs is 3. The SMILES string of the molecule is CCCC[n+]1c(C)sc2c3ccccc3ccc21.Cc1ccc(S(=O)(=O)[O-])cc1. The van der Waals surface area contributed by atoms with Gasteiger partial charge in [0.25, 0.3) is 0 Å². The Labute approximate surface area is 176 Å². The lowest BCUT2D eigenvalue weighted by atomic mass is 10.1. The number of nitrogens with zero attached hydrogens (tertiary/aromatic N) is 1. The van der Waals surface area contributed by atoms with Crippen molar-refractivity contribution >= 4 is 42.4 Å². The van der Waals surface area contributed by atoms with Crippen molar-refractivity contribution in [3.8, 4) is 0 Å². The van der Waals surface area contributed by atoms with Gasteiger partial charge in [0.15, 0.2) is 0 Å². The normalized spacial score (nSPS) is 11.4. The molecule has 0 atom stereocenters. The van der Waals surface area contributed by atoms with Crippen molar-refractivity contribution in [2.75, 3.05) is 0 Å². The van der Waals surface area contributed by atoms with E-state index in [-0.39, 0.29) is 4.90 Å². The number of unbranched alkanes of at least 4 members (excludes halogenated alkanes) is 1. The fourth-order valence-electron chi connectivity index (χ4n) is 3.22. The van der Waals surface area contributed by atoms with Crippen molar-refractivity contribution in [2.45, 2.75) is 45.1 Å². The van der Waals surface area contributed by atoms with E-state index < -0.39 is 10.1 Å². The van der Waals surface area contributed by atoms with Gasteiger partial charge in [-0.05, 0) is 30.5 Å². The van der Waals surface area contributed by atoms with Crippen LogP contribution < -0.4 is 4.57 Å². The van der Waals surface area contributed by atoms with Crippen molar-refractivity contribution in [1.82, 2.24) is 0 Å². The third-order valence-electron chi connectivity index (χ3n) is 4.82. The number of aromatic nitrogens is 1. The highest BCUT2D eigenvalue weighted by Crippen LogP contribution is 2.29. The zero-order valence-electron chi connectivity index (χ0n) is 16.9. The fraction of sp³-hybridized carbons (Fsp3) is 0.261. The minimum absolute atomic E-state index is 0.178. The first-order valence-electron chi connectivity index (χ1n) is 9.64. The van der Waals surface area contributed by atoms with Crippen LogP contribution in [0.4, 0.5) is 0 Å². The third kappa shape index (κ3) is 5.01. The molecular weight excluding hydrogens is 402 g/mol. The van der Waals surface area contributed by atoms with E-state index in [1.165, 1.54) is 51.0 Å². The Kier molecular flexibility index (Phi) is 6.67. The predicted molar refractivity (Wildman–Crippen MR) is 118 cm³/mol. The number of aryl methyl sites for hydroxylation is 3. The summed E-state index contributed by atoms with van der Waals surface area (Å²) in [4.78, 5) is -0.178. The zero-order chi connectivity index (χ0) is 21.0. The molecule has 0 fully saturated rings. The highest BCUT2D eigenvalue weighted by Gasteiger charge is 2.18. The molecule has 152 valence electrons. The van der Waals surface area contributed by atoms with Crippen molar-refractivity contribution in [1.29, 1.82) is 0 Å². The summed E-state index contributed by atoms with van der Waals surface area (Å²) in [6, 6.07) is 19.0. The van der Waals surface area contributed by atoms with Crippen molar-refractivity contribution in [3.05, 3.63) is 71.2 Å². The van der Waals surface area contributed by atoms with Crippen molar-refractivity contribution < 1.29 is 17.5 Å². The van der Waals surface area contributed by atoms with Crippen LogP contribution >= 0.6 is 11.3 Å². The van der Waals surface area contributed by atoms with Crippen LogP contribution in [0.1, 0.15) is 30.3 Å². The van der Waals surface area contributed by atoms with Crippen molar-refractivity contribution in [2.24, 2.45) is 0 Å². The number of hydrogen-bond acceptors (Lipinski definition) is 4. The van der Waals surface area contributed by atoms with Crippen LogP contribution in [0.5, 0.6) is 0 Å². The van der Waals surface area contributed by atoms with E-state index in [1.54, 1.807) is 12.1 Å². The molecule has 0 bridgehead atoms. The molecule has 1 aromatic heterocycles. The predicted octanol–water partition coefficient (Wildman–Crippen LogP) is 5.35. The number of benzene rings is 3. The first-order valence-corrected chi connectivity index (χ1v) is 11.9. The average Bonchev–Trinajstić information content (AvgIpc) is 3.02. The molecule has 4 nitrogen and oxygen atoms in total. The summed E-state index contributed by atoms with van der Waals surface area (Å²) < 4.78 is 35.1. The van der Waals surface area contributed by atoms with E-state index >= 15 is 0 Å². The summed E-state index contributed by atoms with van der Waals surface area (Å²) in [6.07, 6.45) is 2.50. The van der Waals surface area contributed by atoms with Gasteiger partial charge in [0.2, 0.25) is 10.5 Å². The van der Waals surface area contributed by atoms with Gasteiger partial charge in [0.05, 0.1) is 4.90 Å². The molecule has 0 aliphatic heterocycles. The Morgan fingerprint density at radius 1 is 0.966 bits per heavy atom. The van der Waals surface area contributed by atoms with E-state index in [2.05, 4.69) is 54.8 Å². The maximum atomic E-state index is 10.4. The number of hydrogen-bond donors (Lipinski definition) is 0. The lowest BCUT2D eigenvalue weighted by Gasteiger charge is -2.05. The van der Waals surface area contributed by atoms with Gasteiger partial charge in [0.1, 0.15) is 21.4 Å². The van der Waals surface area contributed by atoms with Gasteiger partial charge in [0, 0.05) is 24.8 Å². The Hall–Kier alpha value is -2.28. The lowest BCUT2D eigenvalue weighted by Crippen LogP contribution is -2.34. The van der Waals surface area contributed by atoms with Crippen LogP contribution in [0.3, 0.4) is 0 Å². The van der Waals surface area contributed by atoms with Crippen LogP contribution in [0.25, 0.3) is 21.0 Å². The molecule has 0 amide bonds. The first-order chi connectivity index (χ1) is 13.8. The Balaban J connectivity index is 0.000000188. The van der Waals surface area contributed by atoms with Crippen LogP contribution in [0, 0.1) is 13.8 Å². The van der Waals surface area contributed by atoms with Gasteiger partial charge in [-0.25, -0.2) is 8.42 Å². The second kappa shape index (κ2) is 9.03. The molecule has 0 aliphatic carbocycles. The molecule has 0 aliphatic rings. The minimum atomic E-state index is -4.27. The van der Waals surface area contributed by atoms with Crippen LogP contribution in [-0.2, 0) is 16.7 Å².